The Morgan fingerprint density at radius 2 is 2.30 bits per heavy atom. The highest BCUT2D eigenvalue weighted by atomic mass is 16.1. The maximum absolute atomic E-state index is 11.4. The summed E-state index contributed by atoms with van der Waals surface area (Å²) in [6, 6.07) is 7.12. The second-order valence-electron chi connectivity index (χ2n) is 3.89. The van der Waals surface area contributed by atoms with E-state index < -0.39 is 0 Å². The first-order chi connectivity index (χ1) is 9.78. The quantitative estimate of drug-likeness (QED) is 0.505. The van der Waals surface area contributed by atoms with E-state index >= 15 is 0 Å². The molecule has 9 heteroatoms. The number of hydrogen-bond donors (Lipinski definition) is 4. The number of allylic oxidation sites excluding steroid dienone is 1. The summed E-state index contributed by atoms with van der Waals surface area (Å²) in [7, 11) is 0. The second-order valence-corrected chi connectivity index (χ2v) is 3.89. The number of anilines is 1. The van der Waals surface area contributed by atoms with E-state index in [-0.39, 0.29) is 17.0 Å². The predicted molar refractivity (Wildman–Crippen MR) is 70.3 cm³/mol. The number of H-pyrrole nitrogens is 3. The molecule has 0 bridgehead atoms. The van der Waals surface area contributed by atoms with E-state index in [2.05, 4.69) is 36.1 Å². The molecule has 0 spiro atoms. The number of rotatable bonds is 3. The Labute approximate surface area is 111 Å². The zero-order valence-electron chi connectivity index (χ0n) is 10.0. The minimum absolute atomic E-state index is 0.174. The Balaban J connectivity index is 1.89. The molecule has 0 aliphatic rings. The van der Waals surface area contributed by atoms with Gasteiger partial charge >= 0.3 is 0 Å². The summed E-state index contributed by atoms with van der Waals surface area (Å²) in [5.74, 6) is 0.205. The molecule has 2 heterocycles. The predicted octanol–water partition coefficient (Wildman–Crippen LogP) is 0.346. The maximum atomic E-state index is 11.4. The van der Waals surface area contributed by atoms with Crippen molar-refractivity contribution in [3.8, 4) is 6.07 Å². The summed E-state index contributed by atoms with van der Waals surface area (Å²) in [6.45, 7) is 0. The molecule has 9 nitrogen and oxygen atoms in total. The van der Waals surface area contributed by atoms with Crippen LogP contribution in [0.5, 0.6) is 0 Å². The van der Waals surface area contributed by atoms with Crippen LogP contribution in [0.2, 0.25) is 0 Å². The molecule has 0 saturated heterocycles. The van der Waals surface area contributed by atoms with Crippen LogP contribution in [-0.2, 0) is 0 Å². The number of nitrogens with zero attached hydrogens (tertiary/aromatic N) is 4. The van der Waals surface area contributed by atoms with E-state index in [1.54, 1.807) is 18.2 Å². The van der Waals surface area contributed by atoms with E-state index in [0.717, 1.165) is 0 Å². The summed E-state index contributed by atoms with van der Waals surface area (Å²) in [5, 5.41) is 30.9. The molecule has 4 N–H and O–H groups in total. The topological polar surface area (TPSA) is 139 Å². The Morgan fingerprint density at radius 1 is 1.40 bits per heavy atom. The Hall–Kier alpha value is -3.41. The Bertz CT molecular complexity index is 864. The number of nitrogens with one attached hydrogen (secondary N) is 4. The average molecular weight is 268 g/mol. The molecule has 0 saturated carbocycles. The normalized spacial score (nSPS) is 11.4. The van der Waals surface area contributed by atoms with Crippen LogP contribution < -0.4 is 10.9 Å². The first-order valence-corrected chi connectivity index (χ1v) is 5.59. The van der Waals surface area contributed by atoms with Gasteiger partial charge in [0.05, 0.1) is 10.9 Å². The van der Waals surface area contributed by atoms with Gasteiger partial charge in [-0.2, -0.15) is 10.5 Å². The largest absolute Gasteiger partial charge is 0.360 e. The van der Waals surface area contributed by atoms with Gasteiger partial charge in [0.1, 0.15) is 11.6 Å². The molecule has 0 aliphatic carbocycles. The van der Waals surface area contributed by atoms with Crippen LogP contribution in [-0.4, -0.2) is 30.8 Å². The monoisotopic (exact) mass is 268 g/mol. The maximum Gasteiger partial charge on any atom is 0.271 e. The summed E-state index contributed by atoms with van der Waals surface area (Å²) in [4.78, 5) is 11.4. The van der Waals surface area contributed by atoms with Gasteiger partial charge in [0.2, 0.25) is 5.82 Å². The lowest BCUT2D eigenvalue weighted by Gasteiger charge is -2.00. The zero-order chi connectivity index (χ0) is 13.9. The molecular formula is C11H8N8O. The van der Waals surface area contributed by atoms with Crippen molar-refractivity contribution in [2.24, 2.45) is 0 Å². The summed E-state index contributed by atoms with van der Waals surface area (Å²) >= 11 is 0. The van der Waals surface area contributed by atoms with Crippen molar-refractivity contribution in [1.82, 2.24) is 30.8 Å². The van der Waals surface area contributed by atoms with Crippen LogP contribution >= 0.6 is 0 Å². The van der Waals surface area contributed by atoms with Gasteiger partial charge in [-0.3, -0.25) is 15.0 Å². The highest BCUT2D eigenvalue weighted by molar-refractivity contribution is 5.82. The van der Waals surface area contributed by atoms with Crippen LogP contribution in [0, 0.1) is 11.3 Å². The van der Waals surface area contributed by atoms with Gasteiger partial charge in [0.15, 0.2) is 0 Å². The number of aromatic nitrogens is 6. The van der Waals surface area contributed by atoms with Crippen molar-refractivity contribution in [2.45, 2.75) is 0 Å². The standard InChI is InChI=1S/C11H8N8O/c12-4-6(10-15-18-19-16-10)5-13-7-1-2-8-9(3-7)14-17-11(8)20/h1-3,5,13H,(H2,14,17,20)(H,15,16,18,19). The van der Waals surface area contributed by atoms with Gasteiger partial charge in [-0.25, -0.2) is 0 Å². The lowest BCUT2D eigenvalue weighted by Crippen LogP contribution is -1.97. The van der Waals surface area contributed by atoms with Crippen LogP contribution in [0.1, 0.15) is 5.82 Å². The minimum atomic E-state index is -0.174. The first-order valence-electron chi connectivity index (χ1n) is 5.59. The third-order valence-electron chi connectivity index (χ3n) is 2.66. The molecule has 1 aromatic carbocycles. The van der Waals surface area contributed by atoms with E-state index in [0.29, 0.717) is 16.6 Å². The van der Waals surface area contributed by atoms with Gasteiger partial charge in [-0.15, -0.1) is 10.2 Å². The van der Waals surface area contributed by atoms with E-state index in [1.165, 1.54) is 6.20 Å². The lowest BCUT2D eigenvalue weighted by atomic mass is 10.2. The van der Waals surface area contributed by atoms with E-state index in [1.807, 2.05) is 6.07 Å². The van der Waals surface area contributed by atoms with Gasteiger partial charge < -0.3 is 5.32 Å². The van der Waals surface area contributed by atoms with Gasteiger partial charge in [-0.1, -0.05) is 0 Å². The van der Waals surface area contributed by atoms with E-state index in [4.69, 9.17) is 5.26 Å². The van der Waals surface area contributed by atoms with Gasteiger partial charge in [0.25, 0.3) is 5.56 Å². The molecule has 0 aliphatic heterocycles. The minimum Gasteiger partial charge on any atom is -0.360 e. The molecular weight excluding hydrogens is 260 g/mol. The molecule has 0 amide bonds. The van der Waals surface area contributed by atoms with Crippen molar-refractivity contribution in [3.63, 3.8) is 0 Å². The number of tetrazole rings is 1. The highest BCUT2D eigenvalue weighted by Gasteiger charge is 2.06. The average Bonchev–Trinajstić information content (AvgIpc) is 3.10. The van der Waals surface area contributed by atoms with Crippen LogP contribution in [0.15, 0.2) is 29.2 Å². The van der Waals surface area contributed by atoms with Gasteiger partial charge in [0, 0.05) is 11.9 Å². The molecule has 3 aromatic rings. The van der Waals surface area contributed by atoms with Crippen molar-refractivity contribution >= 4 is 22.2 Å². The molecule has 0 atom stereocenters. The van der Waals surface area contributed by atoms with Crippen LogP contribution in [0.3, 0.4) is 0 Å². The lowest BCUT2D eigenvalue weighted by molar-refractivity contribution is 0.881. The Morgan fingerprint density at radius 3 is 3.05 bits per heavy atom. The SMILES string of the molecule is N#CC(=CNc1ccc2c(=O)[nH][nH]c2c1)c1nn[nH]n1. The number of aromatic amines is 3. The van der Waals surface area contributed by atoms with Crippen LogP contribution in [0.4, 0.5) is 5.69 Å². The highest BCUT2D eigenvalue weighted by Crippen LogP contribution is 2.15. The third-order valence-corrected chi connectivity index (χ3v) is 2.66. The molecule has 20 heavy (non-hydrogen) atoms. The number of fused-ring (bicyclic) bond motifs is 1. The number of nitriles is 1. The fourth-order valence-corrected chi connectivity index (χ4v) is 1.71. The molecule has 2 aromatic heterocycles. The molecule has 0 fully saturated rings. The van der Waals surface area contributed by atoms with Crippen LogP contribution in [0.25, 0.3) is 16.5 Å². The summed E-state index contributed by atoms with van der Waals surface area (Å²) in [6.07, 6.45) is 1.47. The smallest absolute Gasteiger partial charge is 0.271 e. The van der Waals surface area contributed by atoms with Crippen molar-refractivity contribution in [3.05, 3.63) is 40.6 Å². The molecule has 0 unspecified atom stereocenters. The third kappa shape index (κ3) is 2.01. The van der Waals surface area contributed by atoms with Crippen molar-refractivity contribution in [2.75, 3.05) is 5.32 Å². The van der Waals surface area contributed by atoms with Gasteiger partial charge in [-0.05, 0) is 23.4 Å². The molecule has 3 rings (SSSR count). The summed E-state index contributed by atoms with van der Waals surface area (Å²) in [5.41, 5.74) is 1.45. The van der Waals surface area contributed by atoms with Crippen molar-refractivity contribution < 1.29 is 0 Å². The Kier molecular flexibility index (Phi) is 2.74. The first kappa shape index (κ1) is 11.7. The number of benzene rings is 1. The fraction of sp³-hybridized carbons (Fsp3) is 0. The molecule has 98 valence electrons. The summed E-state index contributed by atoms with van der Waals surface area (Å²) < 4.78 is 0. The second kappa shape index (κ2) is 4.69. The zero-order valence-corrected chi connectivity index (χ0v) is 10.0. The van der Waals surface area contributed by atoms with Crippen molar-refractivity contribution in [1.29, 1.82) is 5.26 Å². The fourth-order valence-electron chi connectivity index (χ4n) is 1.71. The molecule has 0 radical (unpaired) electrons. The number of hydrogen-bond acceptors (Lipinski definition) is 6. The van der Waals surface area contributed by atoms with E-state index in [9.17, 15) is 4.79 Å².